The molecule has 1 amide bonds. The highest BCUT2D eigenvalue weighted by Gasteiger charge is 2.26. The maximum absolute atomic E-state index is 12.1. The first kappa shape index (κ1) is 15.8. The van der Waals surface area contributed by atoms with Gasteiger partial charge in [0, 0.05) is 25.8 Å². The van der Waals surface area contributed by atoms with E-state index in [2.05, 4.69) is 41.6 Å². The smallest absolute Gasteiger partial charge is 0.237 e. The minimum Gasteiger partial charge on any atom is -0.375 e. The predicted molar refractivity (Wildman–Crippen MR) is 87.5 cm³/mol. The molecule has 1 aromatic rings. The van der Waals surface area contributed by atoms with Crippen LogP contribution >= 0.6 is 0 Å². The maximum Gasteiger partial charge on any atom is 0.237 e. The van der Waals surface area contributed by atoms with E-state index in [1.165, 1.54) is 12.1 Å². The molecule has 1 aliphatic heterocycles. The molecule has 2 unspecified atom stereocenters. The van der Waals surface area contributed by atoms with Gasteiger partial charge in [-0.3, -0.25) is 4.79 Å². The number of carbonyl (C=O) groups is 1. The molecule has 0 spiro atoms. The van der Waals surface area contributed by atoms with E-state index in [1.807, 2.05) is 18.2 Å². The normalized spacial score (nSPS) is 21.8. The lowest BCUT2D eigenvalue weighted by molar-refractivity contribution is -0.124. The summed E-state index contributed by atoms with van der Waals surface area (Å²) in [5.74, 6) is 0.593. The van der Waals surface area contributed by atoms with Gasteiger partial charge < -0.3 is 15.5 Å². The SMILES string of the molecule is CC1CCCNC1C(=O)NCCCN(C)c1ccccc1. The van der Waals surface area contributed by atoms with Crippen LogP contribution in [0.1, 0.15) is 26.2 Å². The van der Waals surface area contributed by atoms with E-state index >= 15 is 0 Å². The zero-order valence-electron chi connectivity index (χ0n) is 13.1. The van der Waals surface area contributed by atoms with Crippen LogP contribution < -0.4 is 15.5 Å². The second-order valence-electron chi connectivity index (χ2n) is 5.95. The second kappa shape index (κ2) is 8.03. The van der Waals surface area contributed by atoms with Gasteiger partial charge in [-0.2, -0.15) is 0 Å². The van der Waals surface area contributed by atoms with Crippen LogP contribution in [0.4, 0.5) is 5.69 Å². The highest BCUT2D eigenvalue weighted by Crippen LogP contribution is 2.15. The number of para-hydroxylation sites is 1. The van der Waals surface area contributed by atoms with Gasteiger partial charge in [0.25, 0.3) is 0 Å². The average molecular weight is 289 g/mol. The summed E-state index contributed by atoms with van der Waals surface area (Å²) in [6, 6.07) is 10.3. The Labute approximate surface area is 127 Å². The highest BCUT2D eigenvalue weighted by molar-refractivity contribution is 5.82. The van der Waals surface area contributed by atoms with Crippen molar-refractivity contribution in [2.24, 2.45) is 5.92 Å². The number of anilines is 1. The van der Waals surface area contributed by atoms with E-state index < -0.39 is 0 Å². The van der Waals surface area contributed by atoms with Gasteiger partial charge in [-0.15, -0.1) is 0 Å². The monoisotopic (exact) mass is 289 g/mol. The third-order valence-corrected chi connectivity index (χ3v) is 4.22. The molecule has 0 bridgehead atoms. The molecular formula is C17H27N3O. The number of hydrogen-bond acceptors (Lipinski definition) is 3. The Hall–Kier alpha value is -1.55. The van der Waals surface area contributed by atoms with Crippen molar-refractivity contribution < 1.29 is 4.79 Å². The third-order valence-electron chi connectivity index (χ3n) is 4.22. The summed E-state index contributed by atoms with van der Waals surface area (Å²) >= 11 is 0. The van der Waals surface area contributed by atoms with Crippen molar-refractivity contribution in [1.82, 2.24) is 10.6 Å². The molecule has 0 aromatic heterocycles. The van der Waals surface area contributed by atoms with Crippen molar-refractivity contribution in [1.29, 1.82) is 0 Å². The number of nitrogens with one attached hydrogen (secondary N) is 2. The van der Waals surface area contributed by atoms with Gasteiger partial charge in [-0.05, 0) is 43.9 Å². The molecule has 2 atom stereocenters. The number of benzene rings is 1. The summed E-state index contributed by atoms with van der Waals surface area (Å²) in [6.45, 7) is 4.79. The Balaban J connectivity index is 1.66. The van der Waals surface area contributed by atoms with E-state index in [0.29, 0.717) is 5.92 Å². The van der Waals surface area contributed by atoms with Crippen molar-refractivity contribution >= 4 is 11.6 Å². The van der Waals surface area contributed by atoms with Gasteiger partial charge in [0.05, 0.1) is 6.04 Å². The lowest BCUT2D eigenvalue weighted by Gasteiger charge is -2.29. The van der Waals surface area contributed by atoms with Gasteiger partial charge in [0.15, 0.2) is 0 Å². The molecule has 1 saturated heterocycles. The molecule has 1 aromatic carbocycles. The Kier molecular flexibility index (Phi) is 6.05. The standard InChI is InChI=1S/C17H27N3O/c1-14-8-6-11-18-16(14)17(21)19-12-7-13-20(2)15-9-4-3-5-10-15/h3-5,9-10,14,16,18H,6-8,11-13H2,1-2H3,(H,19,21). The Morgan fingerprint density at radius 1 is 1.38 bits per heavy atom. The fourth-order valence-electron chi connectivity index (χ4n) is 2.85. The molecule has 4 nitrogen and oxygen atoms in total. The van der Waals surface area contributed by atoms with Gasteiger partial charge in [-0.1, -0.05) is 25.1 Å². The second-order valence-corrected chi connectivity index (χ2v) is 5.95. The van der Waals surface area contributed by atoms with Crippen molar-refractivity contribution in [2.75, 3.05) is 31.6 Å². The van der Waals surface area contributed by atoms with Gasteiger partial charge >= 0.3 is 0 Å². The summed E-state index contributed by atoms with van der Waals surface area (Å²) in [6.07, 6.45) is 3.27. The Bertz CT molecular complexity index is 435. The summed E-state index contributed by atoms with van der Waals surface area (Å²) in [7, 11) is 2.09. The first-order valence-electron chi connectivity index (χ1n) is 7.96. The lowest BCUT2D eigenvalue weighted by atomic mass is 9.92. The third kappa shape index (κ3) is 4.74. The summed E-state index contributed by atoms with van der Waals surface area (Å²) in [5, 5.41) is 6.38. The molecule has 1 aliphatic rings. The maximum atomic E-state index is 12.1. The summed E-state index contributed by atoms with van der Waals surface area (Å²) in [4.78, 5) is 14.4. The van der Waals surface area contributed by atoms with Crippen LogP contribution in [0, 0.1) is 5.92 Å². The number of nitrogens with zero attached hydrogens (tertiary/aromatic N) is 1. The van der Waals surface area contributed by atoms with Gasteiger partial charge in [0.2, 0.25) is 5.91 Å². The zero-order chi connectivity index (χ0) is 15.1. The topological polar surface area (TPSA) is 44.4 Å². The van der Waals surface area contributed by atoms with Gasteiger partial charge in [-0.25, -0.2) is 0 Å². The van der Waals surface area contributed by atoms with Crippen LogP contribution in [0.15, 0.2) is 30.3 Å². The van der Waals surface area contributed by atoms with Crippen LogP contribution in [-0.4, -0.2) is 38.6 Å². The molecule has 1 heterocycles. The van der Waals surface area contributed by atoms with Crippen molar-refractivity contribution in [3.05, 3.63) is 30.3 Å². The van der Waals surface area contributed by atoms with Gasteiger partial charge in [0.1, 0.15) is 0 Å². The quantitative estimate of drug-likeness (QED) is 0.788. The number of piperidine rings is 1. The Morgan fingerprint density at radius 3 is 2.86 bits per heavy atom. The van der Waals surface area contributed by atoms with Crippen LogP contribution in [0.2, 0.25) is 0 Å². The zero-order valence-corrected chi connectivity index (χ0v) is 13.1. The van der Waals surface area contributed by atoms with Crippen molar-refractivity contribution in [2.45, 2.75) is 32.2 Å². The number of rotatable bonds is 6. The molecular weight excluding hydrogens is 262 g/mol. The van der Waals surface area contributed by atoms with Crippen molar-refractivity contribution in [3.8, 4) is 0 Å². The molecule has 0 aliphatic carbocycles. The number of hydrogen-bond donors (Lipinski definition) is 2. The van der Waals surface area contributed by atoms with Crippen LogP contribution in [0.25, 0.3) is 0 Å². The lowest BCUT2D eigenvalue weighted by Crippen LogP contribution is -2.51. The van der Waals surface area contributed by atoms with Crippen molar-refractivity contribution in [3.63, 3.8) is 0 Å². The average Bonchev–Trinajstić information content (AvgIpc) is 2.52. The molecule has 4 heteroatoms. The highest BCUT2D eigenvalue weighted by atomic mass is 16.2. The van der Waals surface area contributed by atoms with Crippen LogP contribution in [0.3, 0.4) is 0 Å². The molecule has 1 fully saturated rings. The largest absolute Gasteiger partial charge is 0.375 e. The molecule has 2 N–H and O–H groups in total. The number of amides is 1. The van der Waals surface area contributed by atoms with E-state index in [4.69, 9.17) is 0 Å². The molecule has 21 heavy (non-hydrogen) atoms. The molecule has 0 radical (unpaired) electrons. The van der Waals surface area contributed by atoms with Crippen LogP contribution in [-0.2, 0) is 4.79 Å². The summed E-state index contributed by atoms with van der Waals surface area (Å²) in [5.41, 5.74) is 1.21. The molecule has 2 rings (SSSR count). The Morgan fingerprint density at radius 2 is 2.14 bits per heavy atom. The fourth-order valence-corrected chi connectivity index (χ4v) is 2.85. The number of carbonyl (C=O) groups excluding carboxylic acids is 1. The molecule has 116 valence electrons. The first-order valence-corrected chi connectivity index (χ1v) is 7.96. The molecule has 0 saturated carbocycles. The van der Waals surface area contributed by atoms with E-state index in [9.17, 15) is 4.79 Å². The van der Waals surface area contributed by atoms with E-state index in [0.717, 1.165) is 32.5 Å². The van der Waals surface area contributed by atoms with E-state index in [1.54, 1.807) is 0 Å². The first-order chi connectivity index (χ1) is 10.2. The minimum absolute atomic E-state index is 0.00870. The minimum atomic E-state index is -0.00870. The van der Waals surface area contributed by atoms with E-state index in [-0.39, 0.29) is 11.9 Å². The van der Waals surface area contributed by atoms with Crippen LogP contribution in [0.5, 0.6) is 0 Å². The fraction of sp³-hybridized carbons (Fsp3) is 0.588. The predicted octanol–water partition coefficient (Wildman–Crippen LogP) is 2.02. The summed E-state index contributed by atoms with van der Waals surface area (Å²) < 4.78 is 0.